The molecular weight excluding hydrogens is 227 g/mol. The molecule has 0 amide bonds. The maximum absolute atomic E-state index is 3.25. The molecule has 17 heavy (non-hydrogen) atoms. The summed E-state index contributed by atoms with van der Waals surface area (Å²) in [4.78, 5) is 0. The van der Waals surface area contributed by atoms with E-state index in [1.807, 2.05) is 26.2 Å². The first-order valence-corrected chi connectivity index (χ1v) is 6.19. The van der Waals surface area contributed by atoms with Crippen LogP contribution in [0.5, 0.6) is 0 Å². The molecule has 1 atom stereocenters. The van der Waals surface area contributed by atoms with Gasteiger partial charge in [-0.05, 0) is 23.0 Å². The van der Waals surface area contributed by atoms with Gasteiger partial charge < -0.3 is 10.6 Å². The third kappa shape index (κ3) is 2.27. The summed E-state index contributed by atoms with van der Waals surface area (Å²) in [5, 5.41) is 7.69. The Morgan fingerprint density at radius 2 is 1.41 bits per heavy atom. The first-order valence-electron chi connectivity index (χ1n) is 5.61. The van der Waals surface area contributed by atoms with Crippen molar-refractivity contribution in [3.8, 4) is 11.1 Å². The van der Waals surface area contributed by atoms with Crippen molar-refractivity contribution in [3.05, 3.63) is 42.5 Å². The van der Waals surface area contributed by atoms with Crippen LogP contribution >= 0.6 is 9.24 Å². The summed E-state index contributed by atoms with van der Waals surface area (Å²) < 4.78 is 0. The fraction of sp³-hybridized carbons (Fsp3) is 0.143. The third-order valence-electron chi connectivity index (χ3n) is 2.83. The molecule has 0 heterocycles. The van der Waals surface area contributed by atoms with Crippen LogP contribution in [-0.2, 0) is 0 Å². The summed E-state index contributed by atoms with van der Waals surface area (Å²) in [5.74, 6) is 0. The average molecular weight is 244 g/mol. The Balaban J connectivity index is 2.69. The van der Waals surface area contributed by atoms with E-state index in [0.29, 0.717) is 0 Å². The van der Waals surface area contributed by atoms with E-state index in [2.05, 4.69) is 50.2 Å². The van der Waals surface area contributed by atoms with Gasteiger partial charge >= 0.3 is 0 Å². The van der Waals surface area contributed by atoms with Gasteiger partial charge in [0.15, 0.2) is 0 Å². The van der Waals surface area contributed by atoms with Crippen LogP contribution in [0.25, 0.3) is 11.1 Å². The van der Waals surface area contributed by atoms with Gasteiger partial charge in [-0.2, -0.15) is 0 Å². The Morgan fingerprint density at radius 1 is 0.824 bits per heavy atom. The molecule has 0 fully saturated rings. The van der Waals surface area contributed by atoms with E-state index in [1.54, 1.807) is 0 Å². The van der Waals surface area contributed by atoms with Crippen molar-refractivity contribution in [1.29, 1.82) is 0 Å². The van der Waals surface area contributed by atoms with Crippen molar-refractivity contribution < 1.29 is 0 Å². The lowest BCUT2D eigenvalue weighted by atomic mass is 10.0. The van der Waals surface area contributed by atoms with Crippen LogP contribution in [0.1, 0.15) is 0 Å². The van der Waals surface area contributed by atoms with Gasteiger partial charge in [0.1, 0.15) is 0 Å². The van der Waals surface area contributed by atoms with Crippen LogP contribution in [-0.4, -0.2) is 14.1 Å². The highest BCUT2D eigenvalue weighted by molar-refractivity contribution is 7.28. The zero-order valence-corrected chi connectivity index (χ0v) is 11.3. The Kier molecular flexibility index (Phi) is 3.65. The number of hydrogen-bond acceptors (Lipinski definition) is 2. The van der Waals surface area contributed by atoms with Crippen LogP contribution in [0.3, 0.4) is 0 Å². The van der Waals surface area contributed by atoms with Gasteiger partial charge in [0.05, 0.1) is 0 Å². The van der Waals surface area contributed by atoms with E-state index in [1.165, 1.54) is 16.4 Å². The largest absolute Gasteiger partial charge is 0.388 e. The molecule has 2 N–H and O–H groups in total. The van der Waals surface area contributed by atoms with Crippen molar-refractivity contribution in [3.63, 3.8) is 0 Å². The van der Waals surface area contributed by atoms with Crippen molar-refractivity contribution in [2.45, 2.75) is 0 Å². The Labute approximate surface area is 105 Å². The smallest absolute Gasteiger partial charge is 0.0438 e. The summed E-state index contributed by atoms with van der Waals surface area (Å²) in [7, 11) is 6.69. The van der Waals surface area contributed by atoms with Gasteiger partial charge in [0.25, 0.3) is 0 Å². The Hall–Kier alpha value is -1.53. The number of rotatable bonds is 3. The Bertz CT molecular complexity index is 501. The normalized spacial score (nSPS) is 10.1. The minimum absolute atomic E-state index is 1.13. The molecule has 0 radical (unpaired) electrons. The van der Waals surface area contributed by atoms with E-state index >= 15 is 0 Å². The van der Waals surface area contributed by atoms with Crippen LogP contribution in [0, 0.1) is 0 Å². The molecule has 0 aliphatic heterocycles. The average Bonchev–Trinajstić information content (AvgIpc) is 2.38. The Morgan fingerprint density at radius 3 is 1.94 bits per heavy atom. The van der Waals surface area contributed by atoms with E-state index in [4.69, 9.17) is 0 Å². The quantitative estimate of drug-likeness (QED) is 0.811. The number of anilines is 2. The molecular formula is C14H17N2P. The number of hydrogen-bond donors (Lipinski definition) is 2. The standard InChI is InChI=1S/C14H17N2P/c1-15-11-7-5-8-12(16-2)14(11)10-6-3-4-9-13(10)17/h3-9,15-16H,17H2,1-2H3. The summed E-state index contributed by atoms with van der Waals surface area (Å²) in [5.41, 5.74) is 4.70. The van der Waals surface area contributed by atoms with Crippen LogP contribution < -0.4 is 15.9 Å². The molecule has 2 aromatic carbocycles. The van der Waals surface area contributed by atoms with Gasteiger partial charge in [0, 0.05) is 31.0 Å². The van der Waals surface area contributed by atoms with Gasteiger partial charge in [-0.25, -0.2) is 0 Å². The molecule has 2 aromatic rings. The van der Waals surface area contributed by atoms with Crippen molar-refractivity contribution in [2.75, 3.05) is 24.7 Å². The molecule has 2 nitrogen and oxygen atoms in total. The molecule has 88 valence electrons. The SMILES string of the molecule is CNc1cccc(NC)c1-c1ccccc1P. The topological polar surface area (TPSA) is 24.1 Å². The zero-order valence-electron chi connectivity index (χ0n) is 10.1. The van der Waals surface area contributed by atoms with Crippen molar-refractivity contribution in [1.82, 2.24) is 0 Å². The fourth-order valence-corrected chi connectivity index (χ4v) is 2.34. The van der Waals surface area contributed by atoms with E-state index in [-0.39, 0.29) is 0 Å². The minimum atomic E-state index is 1.13. The monoisotopic (exact) mass is 244 g/mol. The maximum atomic E-state index is 3.25. The minimum Gasteiger partial charge on any atom is -0.388 e. The fourth-order valence-electron chi connectivity index (χ4n) is 1.98. The molecule has 0 saturated heterocycles. The van der Waals surface area contributed by atoms with Crippen LogP contribution in [0.2, 0.25) is 0 Å². The molecule has 2 rings (SSSR count). The summed E-state index contributed by atoms with van der Waals surface area (Å²) >= 11 is 0. The first-order chi connectivity index (χ1) is 8.27. The van der Waals surface area contributed by atoms with Crippen LogP contribution in [0.15, 0.2) is 42.5 Å². The highest BCUT2D eigenvalue weighted by Crippen LogP contribution is 2.34. The molecule has 0 saturated carbocycles. The second-order valence-corrected chi connectivity index (χ2v) is 4.44. The highest BCUT2D eigenvalue weighted by Gasteiger charge is 2.10. The van der Waals surface area contributed by atoms with Gasteiger partial charge in [-0.1, -0.05) is 30.3 Å². The van der Waals surface area contributed by atoms with Crippen molar-refractivity contribution in [2.24, 2.45) is 0 Å². The lowest BCUT2D eigenvalue weighted by Gasteiger charge is -2.16. The van der Waals surface area contributed by atoms with E-state index in [0.717, 1.165) is 11.4 Å². The van der Waals surface area contributed by atoms with E-state index in [9.17, 15) is 0 Å². The molecule has 0 aliphatic rings. The molecule has 3 heteroatoms. The van der Waals surface area contributed by atoms with E-state index < -0.39 is 0 Å². The maximum Gasteiger partial charge on any atom is 0.0438 e. The molecule has 1 unspecified atom stereocenters. The van der Waals surface area contributed by atoms with Gasteiger partial charge in [-0.3, -0.25) is 0 Å². The predicted molar refractivity (Wildman–Crippen MR) is 80.3 cm³/mol. The van der Waals surface area contributed by atoms with Crippen molar-refractivity contribution >= 4 is 25.9 Å². The second kappa shape index (κ2) is 5.20. The second-order valence-electron chi connectivity index (χ2n) is 3.82. The summed E-state index contributed by atoms with van der Waals surface area (Å²) in [6.07, 6.45) is 0. The zero-order chi connectivity index (χ0) is 12.3. The first kappa shape index (κ1) is 11.9. The molecule has 0 bridgehead atoms. The summed E-state index contributed by atoms with van der Waals surface area (Å²) in [6.45, 7) is 0. The van der Waals surface area contributed by atoms with Crippen LogP contribution in [0.4, 0.5) is 11.4 Å². The van der Waals surface area contributed by atoms with Gasteiger partial charge in [-0.15, -0.1) is 9.24 Å². The number of nitrogens with one attached hydrogen (secondary N) is 2. The molecule has 0 spiro atoms. The predicted octanol–water partition coefficient (Wildman–Crippen LogP) is 2.94. The summed E-state index contributed by atoms with van der Waals surface area (Å²) in [6, 6.07) is 14.6. The molecule has 0 aliphatic carbocycles. The highest BCUT2D eigenvalue weighted by atomic mass is 31.0. The number of benzene rings is 2. The third-order valence-corrected chi connectivity index (χ3v) is 3.34. The molecule has 0 aromatic heterocycles. The lowest BCUT2D eigenvalue weighted by molar-refractivity contribution is 1.46. The van der Waals surface area contributed by atoms with Gasteiger partial charge in [0.2, 0.25) is 0 Å². The lowest BCUT2D eigenvalue weighted by Crippen LogP contribution is -2.02.